The Morgan fingerprint density at radius 2 is 1.76 bits per heavy atom. The zero-order valence-corrected chi connectivity index (χ0v) is 24.6. The number of amides is 3. The molecule has 1 aromatic rings. The summed E-state index contributed by atoms with van der Waals surface area (Å²) in [5, 5.41) is 18.4. The van der Waals surface area contributed by atoms with Crippen molar-refractivity contribution >= 4 is 23.9 Å². The van der Waals surface area contributed by atoms with Gasteiger partial charge >= 0.3 is 12.1 Å². The molecule has 1 saturated carbocycles. The summed E-state index contributed by atoms with van der Waals surface area (Å²) >= 11 is 0. The lowest BCUT2D eigenvalue weighted by molar-refractivity contribution is -0.145. The number of ether oxygens (including phenoxy) is 2. The lowest BCUT2D eigenvalue weighted by atomic mass is 9.95. The summed E-state index contributed by atoms with van der Waals surface area (Å²) in [6, 6.07) is 8.92. The van der Waals surface area contributed by atoms with Crippen molar-refractivity contribution in [2.45, 2.75) is 88.8 Å². The Hall–Kier alpha value is -3.66. The van der Waals surface area contributed by atoms with Crippen molar-refractivity contribution in [2.24, 2.45) is 5.92 Å². The van der Waals surface area contributed by atoms with Crippen LogP contribution in [-0.2, 0) is 30.5 Å². The van der Waals surface area contributed by atoms with Gasteiger partial charge in [-0.25, -0.2) is 4.79 Å². The third-order valence-corrected chi connectivity index (χ3v) is 7.33. The molecule has 42 heavy (non-hydrogen) atoms. The first-order valence-corrected chi connectivity index (χ1v) is 14.8. The van der Waals surface area contributed by atoms with Crippen LogP contribution in [0.25, 0.3) is 0 Å². The van der Waals surface area contributed by atoms with E-state index in [0.717, 1.165) is 18.4 Å². The number of carbonyl (C=O) groups is 4. The minimum Gasteiger partial charge on any atom is -0.463 e. The number of nitrogens with one attached hydrogen (secondary N) is 3. The second-order valence-corrected chi connectivity index (χ2v) is 10.8. The van der Waals surface area contributed by atoms with Crippen LogP contribution < -0.4 is 16.0 Å². The van der Waals surface area contributed by atoms with Gasteiger partial charge in [0.2, 0.25) is 11.8 Å². The maximum absolute atomic E-state index is 13.2. The number of allylic oxidation sites excluding steroid dienone is 2. The van der Waals surface area contributed by atoms with E-state index in [1.165, 1.54) is 0 Å². The predicted octanol–water partition coefficient (Wildman–Crippen LogP) is 4.08. The molecule has 0 aromatic heterocycles. The van der Waals surface area contributed by atoms with Gasteiger partial charge in [0.25, 0.3) is 0 Å². The molecule has 1 aliphatic rings. The summed E-state index contributed by atoms with van der Waals surface area (Å²) in [5.41, 5.74) is 0.281. The van der Waals surface area contributed by atoms with Crippen molar-refractivity contribution in [3.05, 3.63) is 61.2 Å². The monoisotopic (exact) mass is 585 g/mol. The summed E-state index contributed by atoms with van der Waals surface area (Å²) in [4.78, 5) is 50.1. The number of benzene rings is 1. The van der Waals surface area contributed by atoms with Crippen molar-refractivity contribution < 1.29 is 33.8 Å². The number of carbonyl (C=O) groups excluding carboxylic acids is 4. The van der Waals surface area contributed by atoms with Crippen LogP contribution >= 0.6 is 0 Å². The molecule has 2 rings (SSSR count). The summed E-state index contributed by atoms with van der Waals surface area (Å²) in [6.07, 6.45) is 8.75. The van der Waals surface area contributed by atoms with Gasteiger partial charge in [0.05, 0.1) is 24.1 Å². The van der Waals surface area contributed by atoms with Crippen molar-refractivity contribution in [1.29, 1.82) is 0 Å². The van der Waals surface area contributed by atoms with Gasteiger partial charge in [-0.05, 0) is 50.5 Å². The molecule has 0 aliphatic heterocycles. The van der Waals surface area contributed by atoms with E-state index in [4.69, 9.17) is 9.47 Å². The molecule has 2 unspecified atom stereocenters. The van der Waals surface area contributed by atoms with E-state index in [1.807, 2.05) is 30.3 Å². The Balaban J connectivity index is 1.86. The molecule has 2 atom stereocenters. The fraction of sp³-hybridized carbons (Fsp3) is 0.562. The van der Waals surface area contributed by atoms with Crippen LogP contribution in [0.5, 0.6) is 0 Å². The molecular formula is C32H47N3O7. The zero-order chi connectivity index (χ0) is 30.6. The highest BCUT2D eigenvalue weighted by Gasteiger charge is 2.35. The number of hydrogen-bond acceptors (Lipinski definition) is 7. The fourth-order valence-electron chi connectivity index (χ4n) is 4.91. The van der Waals surface area contributed by atoms with Gasteiger partial charge in [0, 0.05) is 19.4 Å². The average molecular weight is 586 g/mol. The normalized spacial score (nSPS) is 15.1. The number of unbranched alkanes of at least 4 members (excludes halogenated alkanes) is 1. The van der Waals surface area contributed by atoms with Crippen LogP contribution in [0.1, 0.15) is 76.2 Å². The fourth-order valence-corrected chi connectivity index (χ4v) is 4.91. The summed E-state index contributed by atoms with van der Waals surface area (Å²) in [5.74, 6) is -1.65. The lowest BCUT2D eigenvalue weighted by Gasteiger charge is -2.29. The quantitative estimate of drug-likeness (QED) is 0.103. The zero-order valence-electron chi connectivity index (χ0n) is 24.6. The summed E-state index contributed by atoms with van der Waals surface area (Å²) in [6.45, 7) is 7.78. The van der Waals surface area contributed by atoms with Crippen LogP contribution in [0, 0.1) is 5.92 Å². The molecule has 1 aliphatic carbocycles. The molecule has 0 spiro atoms. The molecular weight excluding hydrogens is 538 g/mol. The Morgan fingerprint density at radius 1 is 1.02 bits per heavy atom. The van der Waals surface area contributed by atoms with Crippen LogP contribution in [0.3, 0.4) is 0 Å². The molecule has 1 aromatic carbocycles. The third-order valence-electron chi connectivity index (χ3n) is 7.33. The molecule has 3 amide bonds. The van der Waals surface area contributed by atoms with E-state index in [0.29, 0.717) is 51.5 Å². The summed E-state index contributed by atoms with van der Waals surface area (Å²) < 4.78 is 10.6. The molecule has 10 nitrogen and oxygen atoms in total. The molecule has 0 saturated heterocycles. The van der Waals surface area contributed by atoms with Gasteiger partial charge in [-0.3, -0.25) is 14.4 Å². The van der Waals surface area contributed by atoms with Gasteiger partial charge in [-0.15, -0.1) is 13.2 Å². The van der Waals surface area contributed by atoms with Gasteiger partial charge < -0.3 is 30.5 Å². The van der Waals surface area contributed by atoms with E-state index in [1.54, 1.807) is 12.2 Å². The van der Waals surface area contributed by atoms with Crippen LogP contribution in [0.2, 0.25) is 0 Å². The van der Waals surface area contributed by atoms with Crippen LogP contribution in [0.4, 0.5) is 4.79 Å². The first kappa shape index (κ1) is 34.5. The first-order valence-electron chi connectivity index (χ1n) is 14.8. The van der Waals surface area contributed by atoms with E-state index in [2.05, 4.69) is 29.1 Å². The number of hydrogen-bond donors (Lipinski definition) is 4. The second-order valence-electron chi connectivity index (χ2n) is 10.8. The van der Waals surface area contributed by atoms with Crippen LogP contribution in [-0.4, -0.2) is 60.3 Å². The van der Waals surface area contributed by atoms with Crippen LogP contribution in [0.15, 0.2) is 55.6 Å². The average Bonchev–Trinajstić information content (AvgIpc) is 3.46. The molecule has 0 bridgehead atoms. The molecule has 1 fully saturated rings. The summed E-state index contributed by atoms with van der Waals surface area (Å²) in [7, 11) is 0. The maximum atomic E-state index is 13.2. The van der Waals surface area contributed by atoms with Gasteiger partial charge in [0.1, 0.15) is 13.2 Å². The van der Waals surface area contributed by atoms with E-state index < -0.39 is 23.6 Å². The third kappa shape index (κ3) is 13.3. The number of aliphatic hydroxyl groups excluding tert-OH is 1. The van der Waals surface area contributed by atoms with E-state index in [9.17, 15) is 24.3 Å². The molecule has 4 N–H and O–H groups in total. The number of rotatable bonds is 20. The molecule has 10 heteroatoms. The van der Waals surface area contributed by atoms with Gasteiger partial charge in [0.15, 0.2) is 0 Å². The Bertz CT molecular complexity index is 1010. The number of alkyl carbamates (subject to hydrolysis) is 1. The van der Waals surface area contributed by atoms with Crippen molar-refractivity contribution in [2.75, 3.05) is 19.8 Å². The topological polar surface area (TPSA) is 143 Å². The number of esters is 1. The SMILES string of the molecule is C=CCCC(=O)OCC(CCCCNC(=O)OCc1ccccc1)NC(=O)C(CC=C)CC(=O)NC1(CO)CCCC1. The highest BCUT2D eigenvalue weighted by Crippen LogP contribution is 2.29. The van der Waals surface area contributed by atoms with E-state index in [-0.39, 0.29) is 50.4 Å². The highest BCUT2D eigenvalue weighted by molar-refractivity contribution is 5.86. The van der Waals surface area contributed by atoms with Gasteiger partial charge in [-0.2, -0.15) is 0 Å². The standard InChI is InChI=1S/C32H47N3O7/c1-3-5-17-29(38)41-23-27(16-9-12-20-33-31(40)42-22-25-14-7-6-8-15-25)34-30(39)26(13-4-2)21-28(37)35-32(24-36)18-10-11-19-32/h3-4,6-8,14-15,26-27,36H,1-2,5,9-13,16-24H2,(H,33,40)(H,34,39)(H,35,37). The minimum atomic E-state index is -0.653. The Morgan fingerprint density at radius 3 is 2.43 bits per heavy atom. The lowest BCUT2D eigenvalue weighted by Crippen LogP contribution is -2.50. The van der Waals surface area contributed by atoms with Crippen molar-refractivity contribution in [3.8, 4) is 0 Å². The minimum absolute atomic E-state index is 0.00507. The Kier molecular flexibility index (Phi) is 16.0. The molecule has 0 radical (unpaired) electrons. The largest absolute Gasteiger partial charge is 0.463 e. The van der Waals surface area contributed by atoms with E-state index >= 15 is 0 Å². The number of aliphatic hydroxyl groups is 1. The van der Waals surface area contributed by atoms with Crippen molar-refractivity contribution in [3.63, 3.8) is 0 Å². The molecule has 232 valence electrons. The second kappa shape index (κ2) is 19.5. The maximum Gasteiger partial charge on any atom is 0.407 e. The first-order chi connectivity index (χ1) is 20.3. The molecule has 0 heterocycles. The highest BCUT2D eigenvalue weighted by atomic mass is 16.5. The van der Waals surface area contributed by atoms with Crippen molar-refractivity contribution in [1.82, 2.24) is 16.0 Å². The van der Waals surface area contributed by atoms with Gasteiger partial charge in [-0.1, -0.05) is 55.3 Å². The Labute approximate surface area is 249 Å². The predicted molar refractivity (Wildman–Crippen MR) is 160 cm³/mol. The smallest absolute Gasteiger partial charge is 0.407 e.